The number of para-hydroxylation sites is 1. The molecule has 114 valence electrons. The third-order valence-corrected chi connectivity index (χ3v) is 4.14. The van der Waals surface area contributed by atoms with Gasteiger partial charge in [-0.15, -0.1) is 0 Å². The van der Waals surface area contributed by atoms with Crippen LogP contribution in [0.1, 0.15) is 36.0 Å². The number of hydrogen-bond acceptors (Lipinski definition) is 4. The van der Waals surface area contributed by atoms with Crippen LogP contribution < -0.4 is 11.1 Å². The number of methoxy groups -OCH3 is 1. The van der Waals surface area contributed by atoms with E-state index in [-0.39, 0.29) is 17.8 Å². The zero-order chi connectivity index (χ0) is 15.2. The summed E-state index contributed by atoms with van der Waals surface area (Å²) in [7, 11) is 1.43. The molecule has 2 rings (SSSR count). The molecule has 0 aromatic heterocycles. The van der Waals surface area contributed by atoms with Gasteiger partial charge in [0.1, 0.15) is 0 Å². The Morgan fingerprint density at radius 1 is 1.24 bits per heavy atom. The van der Waals surface area contributed by atoms with Crippen molar-refractivity contribution in [2.24, 2.45) is 11.8 Å². The number of carbonyl (C=O) groups is 2. The first-order valence-corrected chi connectivity index (χ1v) is 7.32. The molecule has 0 aliphatic heterocycles. The van der Waals surface area contributed by atoms with E-state index in [1.54, 1.807) is 24.3 Å². The Kier molecular flexibility index (Phi) is 5.20. The van der Waals surface area contributed by atoms with Crippen LogP contribution in [0.15, 0.2) is 24.3 Å². The van der Waals surface area contributed by atoms with Gasteiger partial charge in [0, 0.05) is 12.2 Å². The number of nitrogen functional groups attached to an aromatic ring is 1. The molecule has 1 aliphatic rings. The monoisotopic (exact) mass is 290 g/mol. The lowest BCUT2D eigenvalue weighted by Crippen LogP contribution is -2.33. The van der Waals surface area contributed by atoms with Crippen molar-refractivity contribution in [3.63, 3.8) is 0 Å². The molecule has 3 N–H and O–H groups in total. The molecule has 21 heavy (non-hydrogen) atoms. The molecule has 0 heterocycles. The van der Waals surface area contributed by atoms with Crippen LogP contribution in [-0.4, -0.2) is 25.5 Å². The van der Waals surface area contributed by atoms with Gasteiger partial charge in [-0.2, -0.15) is 0 Å². The first-order valence-electron chi connectivity index (χ1n) is 7.32. The molecule has 1 saturated carbocycles. The summed E-state index contributed by atoms with van der Waals surface area (Å²) in [6.07, 6.45) is 3.54. The molecule has 0 radical (unpaired) electrons. The summed E-state index contributed by atoms with van der Waals surface area (Å²) in [5.74, 6) is 0.184. The molecule has 0 bridgehead atoms. The normalized spacial score (nSPS) is 21.6. The Morgan fingerprint density at radius 2 is 1.90 bits per heavy atom. The lowest BCUT2D eigenvalue weighted by atomic mass is 9.82. The van der Waals surface area contributed by atoms with Gasteiger partial charge < -0.3 is 15.8 Å². The number of esters is 1. The Hall–Kier alpha value is -2.04. The third kappa shape index (κ3) is 3.97. The van der Waals surface area contributed by atoms with Gasteiger partial charge in [-0.3, -0.25) is 9.59 Å². The molecule has 0 saturated heterocycles. The van der Waals surface area contributed by atoms with E-state index in [0.717, 1.165) is 25.7 Å². The number of anilines is 1. The second-order valence-corrected chi connectivity index (χ2v) is 5.54. The second-order valence-electron chi connectivity index (χ2n) is 5.54. The minimum absolute atomic E-state index is 0.0201. The fourth-order valence-corrected chi connectivity index (χ4v) is 2.80. The fraction of sp³-hybridized carbons (Fsp3) is 0.500. The summed E-state index contributed by atoms with van der Waals surface area (Å²) in [5, 5.41) is 2.93. The van der Waals surface area contributed by atoms with E-state index >= 15 is 0 Å². The van der Waals surface area contributed by atoms with E-state index in [2.05, 4.69) is 5.32 Å². The molecule has 0 unspecified atom stereocenters. The molecule has 1 fully saturated rings. The predicted octanol–water partition coefficient (Wildman–Crippen LogP) is 1.98. The zero-order valence-corrected chi connectivity index (χ0v) is 12.3. The highest BCUT2D eigenvalue weighted by atomic mass is 16.5. The van der Waals surface area contributed by atoms with E-state index in [0.29, 0.717) is 23.7 Å². The zero-order valence-electron chi connectivity index (χ0n) is 12.3. The molecule has 1 amide bonds. The molecule has 1 aromatic rings. The number of benzene rings is 1. The Labute approximate surface area is 124 Å². The van der Waals surface area contributed by atoms with Gasteiger partial charge >= 0.3 is 5.97 Å². The van der Waals surface area contributed by atoms with Crippen molar-refractivity contribution in [2.45, 2.75) is 25.7 Å². The number of nitrogens with two attached hydrogens (primary N) is 1. The minimum atomic E-state index is -0.136. The second kappa shape index (κ2) is 7.11. The Balaban J connectivity index is 1.79. The van der Waals surface area contributed by atoms with Crippen LogP contribution in [0.2, 0.25) is 0 Å². The van der Waals surface area contributed by atoms with Crippen molar-refractivity contribution in [1.82, 2.24) is 5.32 Å². The van der Waals surface area contributed by atoms with E-state index in [1.165, 1.54) is 7.11 Å². The number of carbonyl (C=O) groups excluding carboxylic acids is 2. The van der Waals surface area contributed by atoms with Crippen molar-refractivity contribution in [3.8, 4) is 0 Å². The largest absolute Gasteiger partial charge is 0.469 e. The smallest absolute Gasteiger partial charge is 0.308 e. The average Bonchev–Trinajstić information content (AvgIpc) is 2.52. The van der Waals surface area contributed by atoms with Crippen LogP contribution in [0.4, 0.5) is 5.69 Å². The van der Waals surface area contributed by atoms with E-state index < -0.39 is 0 Å². The number of ether oxygens (including phenoxy) is 1. The van der Waals surface area contributed by atoms with Crippen LogP contribution in [0.25, 0.3) is 0 Å². The summed E-state index contributed by atoms with van der Waals surface area (Å²) in [6, 6.07) is 7.04. The van der Waals surface area contributed by atoms with Crippen molar-refractivity contribution < 1.29 is 14.3 Å². The first kappa shape index (κ1) is 15.4. The quantitative estimate of drug-likeness (QED) is 0.656. The molecule has 5 nitrogen and oxygen atoms in total. The number of hydrogen-bond donors (Lipinski definition) is 2. The molecular weight excluding hydrogens is 268 g/mol. The van der Waals surface area contributed by atoms with Crippen molar-refractivity contribution in [3.05, 3.63) is 29.8 Å². The van der Waals surface area contributed by atoms with Crippen LogP contribution in [0, 0.1) is 11.8 Å². The third-order valence-electron chi connectivity index (χ3n) is 4.14. The number of nitrogens with one attached hydrogen (secondary N) is 1. The summed E-state index contributed by atoms with van der Waals surface area (Å²) < 4.78 is 4.77. The molecule has 0 spiro atoms. The summed E-state index contributed by atoms with van der Waals surface area (Å²) in [5.41, 5.74) is 6.79. The van der Waals surface area contributed by atoms with Gasteiger partial charge in [0.2, 0.25) is 0 Å². The highest BCUT2D eigenvalue weighted by Crippen LogP contribution is 2.29. The van der Waals surface area contributed by atoms with Crippen LogP contribution in [0.3, 0.4) is 0 Å². The Morgan fingerprint density at radius 3 is 2.52 bits per heavy atom. The van der Waals surface area contributed by atoms with Crippen LogP contribution in [0.5, 0.6) is 0 Å². The van der Waals surface area contributed by atoms with Gasteiger partial charge in [-0.25, -0.2) is 0 Å². The standard InChI is InChI=1S/C16H22N2O3/c1-21-16(20)12-8-6-11(7-9-12)10-18-15(19)13-4-2-3-5-14(13)17/h2-5,11-12H,6-10,17H2,1H3,(H,18,19)/t11-,12-. The average molecular weight is 290 g/mol. The maximum absolute atomic E-state index is 12.1. The fourth-order valence-electron chi connectivity index (χ4n) is 2.80. The van der Waals surface area contributed by atoms with Crippen molar-refractivity contribution in [1.29, 1.82) is 0 Å². The Bertz CT molecular complexity index is 508. The van der Waals surface area contributed by atoms with Crippen LogP contribution in [-0.2, 0) is 9.53 Å². The molecule has 1 aliphatic carbocycles. The topological polar surface area (TPSA) is 81.4 Å². The SMILES string of the molecule is COC(=O)[C@H]1CC[C@H](CNC(=O)c2ccccc2N)CC1. The first-order chi connectivity index (χ1) is 10.1. The van der Waals surface area contributed by atoms with Gasteiger partial charge in [0.15, 0.2) is 0 Å². The molecular formula is C16H22N2O3. The van der Waals surface area contributed by atoms with E-state index in [9.17, 15) is 9.59 Å². The van der Waals surface area contributed by atoms with Crippen LogP contribution >= 0.6 is 0 Å². The summed E-state index contributed by atoms with van der Waals surface area (Å²) in [6.45, 7) is 0.626. The molecule has 0 atom stereocenters. The maximum Gasteiger partial charge on any atom is 0.308 e. The summed E-state index contributed by atoms with van der Waals surface area (Å²) >= 11 is 0. The highest BCUT2D eigenvalue weighted by molar-refractivity contribution is 5.99. The molecule has 5 heteroatoms. The number of rotatable bonds is 4. The van der Waals surface area contributed by atoms with Gasteiger partial charge in [-0.05, 0) is 43.7 Å². The lowest BCUT2D eigenvalue weighted by Gasteiger charge is -2.27. The van der Waals surface area contributed by atoms with Gasteiger partial charge in [0.25, 0.3) is 5.91 Å². The van der Waals surface area contributed by atoms with Crippen molar-refractivity contribution in [2.75, 3.05) is 19.4 Å². The van der Waals surface area contributed by atoms with E-state index in [1.807, 2.05) is 0 Å². The van der Waals surface area contributed by atoms with E-state index in [4.69, 9.17) is 10.5 Å². The lowest BCUT2D eigenvalue weighted by molar-refractivity contribution is -0.146. The highest BCUT2D eigenvalue weighted by Gasteiger charge is 2.27. The van der Waals surface area contributed by atoms with Crippen molar-refractivity contribution >= 4 is 17.6 Å². The summed E-state index contributed by atoms with van der Waals surface area (Å²) in [4.78, 5) is 23.5. The van der Waals surface area contributed by atoms with Gasteiger partial charge in [-0.1, -0.05) is 12.1 Å². The molecule has 1 aromatic carbocycles. The number of amides is 1. The van der Waals surface area contributed by atoms with Gasteiger partial charge in [0.05, 0.1) is 18.6 Å². The minimum Gasteiger partial charge on any atom is -0.469 e. The predicted molar refractivity (Wildman–Crippen MR) is 80.7 cm³/mol. The maximum atomic E-state index is 12.1.